The molecule has 1 aliphatic carbocycles. The highest BCUT2D eigenvalue weighted by Crippen LogP contribution is 2.62. The van der Waals surface area contributed by atoms with E-state index in [9.17, 15) is 13.0 Å². The van der Waals surface area contributed by atoms with Crippen molar-refractivity contribution in [1.29, 1.82) is 0 Å². The third kappa shape index (κ3) is 5.21. The van der Waals surface area contributed by atoms with Gasteiger partial charge in [0.1, 0.15) is 18.3 Å². The van der Waals surface area contributed by atoms with E-state index in [1.54, 1.807) is 57.5 Å². The molecule has 1 saturated heterocycles. The SMILES string of the molecule is COC1(P2(=O)CCNCC2)C=CC(Nc2nccc(Nc3ccccc3S(=O)(=O)C(C)C)n2)=CC1. The van der Waals surface area contributed by atoms with Gasteiger partial charge in [-0.2, -0.15) is 4.98 Å². The Labute approximate surface area is 206 Å². The zero-order valence-corrected chi connectivity index (χ0v) is 21.9. The third-order valence-electron chi connectivity index (χ3n) is 6.47. The molecule has 2 aromatic rings. The number of para-hydroxylation sites is 1. The zero-order chi connectivity index (χ0) is 25.1. The molecule has 0 spiro atoms. The Balaban J connectivity index is 1.50. The molecule has 9 nitrogen and oxygen atoms in total. The molecule has 35 heavy (non-hydrogen) atoms. The van der Waals surface area contributed by atoms with Crippen LogP contribution in [0.15, 0.2) is 65.3 Å². The van der Waals surface area contributed by atoms with Crippen molar-refractivity contribution < 1.29 is 17.7 Å². The number of hydrogen-bond donors (Lipinski definition) is 3. The van der Waals surface area contributed by atoms with Gasteiger partial charge in [0.2, 0.25) is 5.95 Å². The molecule has 1 fully saturated rings. The molecule has 2 heterocycles. The van der Waals surface area contributed by atoms with E-state index in [-0.39, 0.29) is 4.90 Å². The fourth-order valence-electron chi connectivity index (χ4n) is 4.29. The molecule has 0 saturated carbocycles. The number of aromatic nitrogens is 2. The summed E-state index contributed by atoms with van der Waals surface area (Å²) in [4.78, 5) is 9.00. The molecule has 1 aromatic heterocycles. The van der Waals surface area contributed by atoms with E-state index in [2.05, 4.69) is 25.9 Å². The minimum Gasteiger partial charge on any atom is -0.366 e. The molecule has 0 bridgehead atoms. The number of hydrogen-bond acceptors (Lipinski definition) is 9. The predicted octanol–water partition coefficient (Wildman–Crippen LogP) is 3.97. The van der Waals surface area contributed by atoms with Gasteiger partial charge in [-0.3, -0.25) is 0 Å². The number of anilines is 3. The van der Waals surface area contributed by atoms with E-state index in [0.717, 1.165) is 18.8 Å². The van der Waals surface area contributed by atoms with E-state index in [1.807, 2.05) is 18.2 Å². The molecule has 3 N–H and O–H groups in total. The van der Waals surface area contributed by atoms with Crippen LogP contribution in [0.5, 0.6) is 0 Å². The topological polar surface area (TPSA) is 122 Å². The molecule has 1 unspecified atom stereocenters. The molecule has 11 heteroatoms. The number of methoxy groups -OCH3 is 1. The summed E-state index contributed by atoms with van der Waals surface area (Å²) in [6, 6.07) is 8.45. The Morgan fingerprint density at radius 2 is 1.89 bits per heavy atom. The number of sulfone groups is 1. The fourth-order valence-corrected chi connectivity index (χ4v) is 8.61. The van der Waals surface area contributed by atoms with Crippen LogP contribution >= 0.6 is 7.14 Å². The second kappa shape index (κ2) is 10.2. The minimum atomic E-state index is -3.47. The molecular weight excluding hydrogens is 485 g/mol. The lowest BCUT2D eigenvalue weighted by molar-refractivity contribution is 0.0999. The number of rotatable bonds is 8. The Morgan fingerprint density at radius 1 is 1.14 bits per heavy atom. The lowest BCUT2D eigenvalue weighted by atomic mass is 10.1. The van der Waals surface area contributed by atoms with Crippen LogP contribution in [-0.2, 0) is 19.1 Å². The van der Waals surface area contributed by atoms with Crippen LogP contribution in [0.4, 0.5) is 17.5 Å². The normalized spacial score (nSPS) is 22.0. The van der Waals surface area contributed by atoms with Crippen LogP contribution in [0.25, 0.3) is 0 Å². The Bertz CT molecular complexity index is 1280. The number of nitrogens with one attached hydrogen (secondary N) is 3. The first-order valence-electron chi connectivity index (χ1n) is 11.6. The summed E-state index contributed by atoms with van der Waals surface area (Å²) in [6.07, 6.45) is 9.05. The molecular formula is C24H32N5O4PS. The summed E-state index contributed by atoms with van der Waals surface area (Å²) in [6.45, 7) is 4.79. The first-order valence-corrected chi connectivity index (χ1v) is 15.2. The van der Waals surface area contributed by atoms with Crippen molar-refractivity contribution in [3.63, 3.8) is 0 Å². The molecule has 188 valence electrons. The maximum absolute atomic E-state index is 13.6. The summed E-state index contributed by atoms with van der Waals surface area (Å²) in [5.74, 6) is 0.813. The highest BCUT2D eigenvalue weighted by Gasteiger charge is 2.47. The summed E-state index contributed by atoms with van der Waals surface area (Å²) in [5, 5.41) is 8.24. The van der Waals surface area contributed by atoms with E-state index in [1.165, 1.54) is 0 Å². The van der Waals surface area contributed by atoms with Crippen molar-refractivity contribution in [2.24, 2.45) is 0 Å². The van der Waals surface area contributed by atoms with E-state index in [4.69, 9.17) is 4.74 Å². The molecule has 2 aliphatic rings. The summed E-state index contributed by atoms with van der Waals surface area (Å²) >= 11 is 0. The van der Waals surface area contributed by atoms with Crippen LogP contribution in [-0.4, -0.2) is 61.5 Å². The van der Waals surface area contributed by atoms with Gasteiger partial charge in [0, 0.05) is 50.8 Å². The quantitative estimate of drug-likeness (QED) is 0.447. The van der Waals surface area contributed by atoms with E-state index < -0.39 is 27.6 Å². The number of ether oxygens (including phenoxy) is 1. The van der Waals surface area contributed by atoms with Gasteiger partial charge in [-0.05, 0) is 44.2 Å². The summed E-state index contributed by atoms with van der Waals surface area (Å²) in [5.41, 5.74) is 1.23. The van der Waals surface area contributed by atoms with Crippen molar-refractivity contribution in [2.75, 3.05) is 43.2 Å². The van der Waals surface area contributed by atoms with Crippen molar-refractivity contribution >= 4 is 34.4 Å². The zero-order valence-electron chi connectivity index (χ0n) is 20.2. The molecule has 1 atom stereocenters. The number of nitrogens with zero attached hydrogens (tertiary/aromatic N) is 2. The van der Waals surface area contributed by atoms with Crippen LogP contribution in [0.3, 0.4) is 0 Å². The first kappa shape index (κ1) is 25.6. The van der Waals surface area contributed by atoms with Crippen LogP contribution in [0, 0.1) is 0 Å². The van der Waals surface area contributed by atoms with Gasteiger partial charge in [-0.15, -0.1) is 0 Å². The lowest BCUT2D eigenvalue weighted by Gasteiger charge is -2.40. The standard InChI is InChI=1S/C24H32N5O4PS/c1-18(2)35(31,32)21-7-5-4-6-20(21)28-22-10-13-26-23(29-22)27-19-8-11-24(33-3,12-9-19)34(30)16-14-25-15-17-34/h4-11,13,18,25H,12,14-17H2,1-3H3,(H2,26,27,28,29). The Morgan fingerprint density at radius 3 is 2.54 bits per heavy atom. The van der Waals surface area contributed by atoms with Crippen molar-refractivity contribution in [3.8, 4) is 0 Å². The van der Waals surface area contributed by atoms with Crippen molar-refractivity contribution in [1.82, 2.24) is 15.3 Å². The Hall–Kier alpha value is -2.52. The maximum atomic E-state index is 13.6. The van der Waals surface area contributed by atoms with Gasteiger partial charge < -0.3 is 25.3 Å². The monoisotopic (exact) mass is 517 g/mol. The summed E-state index contributed by atoms with van der Waals surface area (Å²) < 4.78 is 44.9. The summed E-state index contributed by atoms with van der Waals surface area (Å²) in [7, 11) is -4.38. The smallest absolute Gasteiger partial charge is 0.229 e. The van der Waals surface area contributed by atoms with E-state index >= 15 is 0 Å². The van der Waals surface area contributed by atoms with Gasteiger partial charge in [-0.1, -0.05) is 18.2 Å². The molecule has 0 amide bonds. The highest BCUT2D eigenvalue weighted by atomic mass is 32.2. The third-order valence-corrected chi connectivity index (χ3v) is 12.5. The van der Waals surface area contributed by atoms with Gasteiger partial charge in [0.05, 0.1) is 15.8 Å². The second-order valence-electron chi connectivity index (χ2n) is 8.94. The van der Waals surface area contributed by atoms with Crippen LogP contribution in [0.2, 0.25) is 0 Å². The molecule has 1 aromatic carbocycles. The maximum Gasteiger partial charge on any atom is 0.229 e. The fraction of sp³-hybridized carbons (Fsp3) is 0.417. The average Bonchev–Trinajstić information content (AvgIpc) is 2.85. The van der Waals surface area contributed by atoms with Crippen molar-refractivity contribution in [2.45, 2.75) is 35.8 Å². The number of allylic oxidation sites excluding steroid dienone is 1. The van der Waals surface area contributed by atoms with Crippen molar-refractivity contribution in [3.05, 3.63) is 60.5 Å². The molecule has 1 aliphatic heterocycles. The van der Waals surface area contributed by atoms with Gasteiger partial charge in [-0.25, -0.2) is 13.4 Å². The van der Waals surface area contributed by atoms with Gasteiger partial charge in [0.25, 0.3) is 0 Å². The van der Waals surface area contributed by atoms with Gasteiger partial charge >= 0.3 is 0 Å². The van der Waals surface area contributed by atoms with Crippen LogP contribution in [0.1, 0.15) is 20.3 Å². The molecule has 4 rings (SSSR count). The second-order valence-corrected chi connectivity index (χ2v) is 14.8. The lowest BCUT2D eigenvalue weighted by Crippen LogP contribution is -2.40. The van der Waals surface area contributed by atoms with E-state index in [0.29, 0.717) is 36.2 Å². The number of benzene rings is 1. The average molecular weight is 518 g/mol. The predicted molar refractivity (Wildman–Crippen MR) is 139 cm³/mol. The molecule has 0 radical (unpaired) electrons. The highest BCUT2D eigenvalue weighted by molar-refractivity contribution is 7.92. The first-order chi connectivity index (χ1) is 16.7. The Kier molecular flexibility index (Phi) is 7.47. The van der Waals surface area contributed by atoms with Crippen LogP contribution < -0.4 is 16.0 Å². The van der Waals surface area contributed by atoms with Gasteiger partial charge in [0.15, 0.2) is 9.84 Å². The largest absolute Gasteiger partial charge is 0.366 e. The minimum absolute atomic E-state index is 0.227.